The maximum atomic E-state index is 12.2. The average molecular weight is 278 g/mol. The Morgan fingerprint density at radius 3 is 2.48 bits per heavy atom. The van der Waals surface area contributed by atoms with E-state index in [2.05, 4.69) is 5.32 Å². The zero-order valence-corrected chi connectivity index (χ0v) is 11.2. The van der Waals surface area contributed by atoms with E-state index in [1.54, 1.807) is 42.5 Å². The second kappa shape index (κ2) is 5.17. The summed E-state index contributed by atoms with van der Waals surface area (Å²) in [6.07, 6.45) is 0. The largest absolute Gasteiger partial charge is 0.508 e. The molecule has 0 radical (unpaired) electrons. The second-order valence-corrected chi connectivity index (χ2v) is 4.75. The van der Waals surface area contributed by atoms with Crippen molar-refractivity contribution in [2.45, 2.75) is 0 Å². The average Bonchev–Trinajstić information content (AvgIpc) is 2.51. The van der Waals surface area contributed by atoms with Gasteiger partial charge >= 0.3 is 0 Å². The predicted molar refractivity (Wildman–Crippen MR) is 84.4 cm³/mol. The summed E-state index contributed by atoms with van der Waals surface area (Å²) < 4.78 is 0. The van der Waals surface area contributed by atoms with E-state index in [9.17, 15) is 9.90 Å². The molecule has 0 aromatic heterocycles. The molecular weight excluding hydrogens is 264 g/mol. The number of rotatable bonds is 2. The number of carbonyl (C=O) groups is 1. The predicted octanol–water partition coefficient (Wildman–Crippen LogP) is 3.38. The molecule has 21 heavy (non-hydrogen) atoms. The lowest BCUT2D eigenvalue weighted by atomic mass is 10.1. The number of nitrogens with two attached hydrogens (primary N) is 1. The summed E-state index contributed by atoms with van der Waals surface area (Å²) in [5.41, 5.74) is 7.71. The Kier molecular flexibility index (Phi) is 3.20. The lowest BCUT2D eigenvalue weighted by Gasteiger charge is -2.11. The minimum Gasteiger partial charge on any atom is -0.508 e. The Bertz CT molecular complexity index is 814. The van der Waals surface area contributed by atoms with E-state index < -0.39 is 0 Å². The molecule has 0 atom stereocenters. The van der Waals surface area contributed by atoms with Crippen LogP contribution in [0.25, 0.3) is 10.8 Å². The van der Waals surface area contributed by atoms with Crippen LogP contribution in [0.15, 0.2) is 60.7 Å². The topological polar surface area (TPSA) is 75.3 Å². The van der Waals surface area contributed by atoms with E-state index in [0.29, 0.717) is 22.3 Å². The fraction of sp³-hybridized carbons (Fsp3) is 0. The number of hydrogen-bond donors (Lipinski definition) is 3. The summed E-state index contributed by atoms with van der Waals surface area (Å²) in [7, 11) is 0. The van der Waals surface area contributed by atoms with Gasteiger partial charge in [0.15, 0.2) is 0 Å². The number of phenolic OH excluding ortho intramolecular Hbond substituents is 1. The van der Waals surface area contributed by atoms with Crippen molar-refractivity contribution in [1.82, 2.24) is 0 Å². The Labute approximate surface area is 121 Å². The highest BCUT2D eigenvalue weighted by molar-refractivity contribution is 6.11. The molecule has 0 spiro atoms. The van der Waals surface area contributed by atoms with Gasteiger partial charge < -0.3 is 16.2 Å². The number of hydrogen-bond acceptors (Lipinski definition) is 3. The normalized spacial score (nSPS) is 10.5. The number of fused-ring (bicyclic) bond motifs is 1. The first-order chi connectivity index (χ1) is 10.1. The lowest BCUT2D eigenvalue weighted by Crippen LogP contribution is -2.12. The Balaban J connectivity index is 2.02. The number of anilines is 2. The van der Waals surface area contributed by atoms with E-state index in [1.165, 1.54) is 0 Å². The summed E-state index contributed by atoms with van der Waals surface area (Å²) in [4.78, 5) is 12.2. The Morgan fingerprint density at radius 2 is 1.71 bits per heavy atom. The molecule has 0 bridgehead atoms. The summed E-state index contributed by atoms with van der Waals surface area (Å²) in [5, 5.41) is 13.9. The van der Waals surface area contributed by atoms with Gasteiger partial charge in [-0.25, -0.2) is 0 Å². The minimum atomic E-state index is -0.185. The highest BCUT2D eigenvalue weighted by Gasteiger charge is 2.09. The summed E-state index contributed by atoms with van der Waals surface area (Å²) in [5.74, 6) is -0.0458. The van der Waals surface area contributed by atoms with Gasteiger partial charge in [-0.15, -0.1) is 0 Å². The first-order valence-electron chi connectivity index (χ1n) is 6.53. The van der Waals surface area contributed by atoms with Crippen molar-refractivity contribution in [1.29, 1.82) is 0 Å². The molecule has 3 aromatic carbocycles. The van der Waals surface area contributed by atoms with Crippen molar-refractivity contribution in [2.24, 2.45) is 0 Å². The van der Waals surface area contributed by atoms with Gasteiger partial charge in [0.25, 0.3) is 5.91 Å². The number of aromatic hydroxyl groups is 1. The Hall–Kier alpha value is -3.01. The van der Waals surface area contributed by atoms with Gasteiger partial charge in [0.1, 0.15) is 5.75 Å². The molecule has 3 aromatic rings. The van der Waals surface area contributed by atoms with Gasteiger partial charge in [-0.1, -0.05) is 18.2 Å². The molecule has 0 saturated carbocycles. The highest BCUT2D eigenvalue weighted by Crippen LogP contribution is 2.31. The van der Waals surface area contributed by atoms with Crippen LogP contribution in [0, 0.1) is 0 Å². The quantitative estimate of drug-likeness (QED) is 0.629. The molecular formula is C17H14N2O2. The standard InChI is InChI=1S/C17H14N2O2/c18-15-8-9-16(13-7-6-12(20)10-14(13)15)19-17(21)11-4-2-1-3-5-11/h1-10,20H,18H2,(H,19,21). The fourth-order valence-corrected chi connectivity index (χ4v) is 2.25. The number of benzene rings is 3. The van der Waals surface area contributed by atoms with E-state index in [1.807, 2.05) is 18.2 Å². The summed E-state index contributed by atoms with van der Waals surface area (Å²) in [6, 6.07) is 17.4. The molecule has 0 heterocycles. The molecule has 0 saturated heterocycles. The van der Waals surface area contributed by atoms with E-state index in [-0.39, 0.29) is 11.7 Å². The van der Waals surface area contributed by atoms with Crippen LogP contribution < -0.4 is 11.1 Å². The monoisotopic (exact) mass is 278 g/mol. The van der Waals surface area contributed by atoms with Crippen molar-refractivity contribution in [3.8, 4) is 5.75 Å². The van der Waals surface area contributed by atoms with Crippen LogP contribution in [0.1, 0.15) is 10.4 Å². The van der Waals surface area contributed by atoms with Crippen molar-refractivity contribution >= 4 is 28.1 Å². The fourth-order valence-electron chi connectivity index (χ4n) is 2.25. The molecule has 0 fully saturated rings. The number of nitrogen functional groups attached to an aromatic ring is 1. The second-order valence-electron chi connectivity index (χ2n) is 4.75. The Morgan fingerprint density at radius 1 is 0.952 bits per heavy atom. The van der Waals surface area contributed by atoms with Gasteiger partial charge in [0.2, 0.25) is 0 Å². The molecule has 0 unspecified atom stereocenters. The number of amides is 1. The first-order valence-corrected chi connectivity index (χ1v) is 6.53. The number of carbonyl (C=O) groups excluding carboxylic acids is 1. The van der Waals surface area contributed by atoms with Crippen LogP contribution >= 0.6 is 0 Å². The molecule has 4 heteroatoms. The maximum Gasteiger partial charge on any atom is 0.255 e. The number of phenols is 1. The molecule has 0 aliphatic carbocycles. The van der Waals surface area contributed by atoms with Crippen LogP contribution in [0.5, 0.6) is 5.75 Å². The molecule has 1 amide bonds. The van der Waals surface area contributed by atoms with Gasteiger partial charge in [-0.05, 0) is 42.5 Å². The molecule has 0 aliphatic rings. The highest BCUT2D eigenvalue weighted by atomic mass is 16.3. The molecule has 4 N–H and O–H groups in total. The van der Waals surface area contributed by atoms with Gasteiger partial charge in [-0.3, -0.25) is 4.79 Å². The van der Waals surface area contributed by atoms with Crippen molar-refractivity contribution in [2.75, 3.05) is 11.1 Å². The first kappa shape index (κ1) is 13.0. The van der Waals surface area contributed by atoms with E-state index in [0.717, 1.165) is 5.39 Å². The van der Waals surface area contributed by atoms with Crippen LogP contribution in [0.3, 0.4) is 0 Å². The SMILES string of the molecule is Nc1ccc(NC(=O)c2ccccc2)c2ccc(O)cc12. The van der Waals surface area contributed by atoms with Gasteiger partial charge in [0, 0.05) is 27.7 Å². The zero-order valence-electron chi connectivity index (χ0n) is 11.2. The third kappa shape index (κ3) is 2.51. The van der Waals surface area contributed by atoms with Crippen LogP contribution in [-0.2, 0) is 0 Å². The van der Waals surface area contributed by atoms with E-state index in [4.69, 9.17) is 5.73 Å². The third-order valence-electron chi connectivity index (χ3n) is 3.32. The van der Waals surface area contributed by atoms with Gasteiger partial charge in [0.05, 0.1) is 0 Å². The van der Waals surface area contributed by atoms with Crippen molar-refractivity contribution < 1.29 is 9.90 Å². The van der Waals surface area contributed by atoms with Gasteiger partial charge in [-0.2, -0.15) is 0 Å². The lowest BCUT2D eigenvalue weighted by molar-refractivity contribution is 0.102. The van der Waals surface area contributed by atoms with Crippen LogP contribution in [0.2, 0.25) is 0 Å². The van der Waals surface area contributed by atoms with Crippen LogP contribution in [-0.4, -0.2) is 11.0 Å². The maximum absolute atomic E-state index is 12.2. The minimum absolute atomic E-state index is 0.140. The number of nitrogens with one attached hydrogen (secondary N) is 1. The van der Waals surface area contributed by atoms with E-state index >= 15 is 0 Å². The summed E-state index contributed by atoms with van der Waals surface area (Å²) >= 11 is 0. The smallest absolute Gasteiger partial charge is 0.255 e. The van der Waals surface area contributed by atoms with Crippen LogP contribution in [0.4, 0.5) is 11.4 Å². The summed E-state index contributed by atoms with van der Waals surface area (Å²) in [6.45, 7) is 0. The third-order valence-corrected chi connectivity index (χ3v) is 3.32. The van der Waals surface area contributed by atoms with Crippen molar-refractivity contribution in [3.05, 3.63) is 66.2 Å². The van der Waals surface area contributed by atoms with Crippen molar-refractivity contribution in [3.63, 3.8) is 0 Å². The molecule has 4 nitrogen and oxygen atoms in total. The molecule has 3 rings (SSSR count). The molecule has 104 valence electrons. The molecule has 0 aliphatic heterocycles. The zero-order chi connectivity index (χ0) is 14.8.